The molecule has 0 aliphatic carbocycles. The summed E-state index contributed by atoms with van der Waals surface area (Å²) in [7, 11) is -2.41. The summed E-state index contributed by atoms with van der Waals surface area (Å²) in [4.78, 5) is 41.3. The third-order valence-corrected chi connectivity index (χ3v) is 12.7. The number of nitrogens with one attached hydrogen (secondary N) is 1. The van der Waals surface area contributed by atoms with Gasteiger partial charge in [0.05, 0.1) is 5.56 Å². The van der Waals surface area contributed by atoms with Gasteiger partial charge in [-0.15, -0.1) is 11.3 Å². The molecule has 5 rings (SSSR count). The number of benzene rings is 2. The van der Waals surface area contributed by atoms with E-state index >= 15 is 0 Å². The first kappa shape index (κ1) is 29.9. The van der Waals surface area contributed by atoms with E-state index in [9.17, 15) is 14.0 Å². The lowest BCUT2D eigenvalue weighted by Crippen LogP contribution is -2.45. The van der Waals surface area contributed by atoms with E-state index in [4.69, 9.17) is 10.2 Å². The lowest BCUT2D eigenvalue weighted by atomic mass is 10.0. The number of thiazole rings is 1. The molecule has 0 fully saturated rings. The molecule has 1 unspecified atom stereocenters. The summed E-state index contributed by atoms with van der Waals surface area (Å²) in [6.07, 6.45) is 4.60. The van der Waals surface area contributed by atoms with Crippen molar-refractivity contribution in [3.8, 4) is 17.6 Å². The fourth-order valence-corrected chi connectivity index (χ4v) is 5.89. The maximum Gasteiger partial charge on any atom is 0.255 e. The standard InChI is InChI=1S/C31H31FN6O3SSi/c1-31(2,3)43(4,5)41-25-11-10-22(32)15-24(25)26(27(39)37-30-34-12-13-42-30)38-18-21-9-8-19(14-23(21)28(38)40)6-7-20-16-35-29(33)36-17-20/h8-17,26H,18H2,1-5H3,(H2,33,35,36)(H,34,37,39). The van der Waals surface area contributed by atoms with Crippen LogP contribution in [-0.4, -0.2) is 40.0 Å². The van der Waals surface area contributed by atoms with Gasteiger partial charge in [-0.2, -0.15) is 0 Å². The zero-order valence-corrected chi connectivity index (χ0v) is 26.3. The molecule has 0 bridgehead atoms. The van der Waals surface area contributed by atoms with E-state index in [1.54, 1.807) is 23.7 Å². The van der Waals surface area contributed by atoms with Gasteiger partial charge in [0, 0.05) is 47.2 Å². The highest BCUT2D eigenvalue weighted by atomic mass is 32.1. The number of halogens is 1. The Morgan fingerprint density at radius 3 is 2.51 bits per heavy atom. The number of nitrogens with zero attached hydrogens (tertiary/aromatic N) is 4. The maximum absolute atomic E-state index is 14.8. The van der Waals surface area contributed by atoms with Gasteiger partial charge >= 0.3 is 0 Å². The largest absolute Gasteiger partial charge is 0.543 e. The molecule has 2 amide bonds. The van der Waals surface area contributed by atoms with E-state index in [2.05, 4.69) is 66.0 Å². The number of fused-ring (bicyclic) bond motifs is 1. The molecule has 2 aromatic heterocycles. The zero-order chi connectivity index (χ0) is 30.9. The Morgan fingerprint density at radius 2 is 1.84 bits per heavy atom. The van der Waals surface area contributed by atoms with E-state index in [1.165, 1.54) is 46.8 Å². The van der Waals surface area contributed by atoms with Crippen LogP contribution in [0.15, 0.2) is 60.4 Å². The van der Waals surface area contributed by atoms with Crippen molar-refractivity contribution >= 4 is 42.5 Å². The van der Waals surface area contributed by atoms with Gasteiger partial charge in [0.15, 0.2) is 5.13 Å². The van der Waals surface area contributed by atoms with E-state index in [-0.39, 0.29) is 29.0 Å². The van der Waals surface area contributed by atoms with Crippen molar-refractivity contribution in [2.24, 2.45) is 0 Å². The Hall–Kier alpha value is -4.60. The number of hydrogen-bond acceptors (Lipinski definition) is 8. The number of rotatable bonds is 6. The SMILES string of the molecule is CC(C)(C)[Si](C)(C)Oc1ccc(F)cc1C(C(=O)Nc1nccs1)N1Cc2ccc(C#Cc3cnc(N)nc3)cc2C1=O. The Balaban J connectivity index is 1.53. The van der Waals surface area contributed by atoms with Gasteiger partial charge in [0.2, 0.25) is 14.3 Å². The predicted octanol–water partition coefficient (Wildman–Crippen LogP) is 5.77. The summed E-state index contributed by atoms with van der Waals surface area (Å²) in [6, 6.07) is 8.23. The van der Waals surface area contributed by atoms with Gasteiger partial charge in [-0.25, -0.2) is 19.3 Å². The third-order valence-electron chi connectivity index (χ3n) is 7.63. The number of carbonyl (C=O) groups is 2. The van der Waals surface area contributed by atoms with Crippen molar-refractivity contribution in [2.75, 3.05) is 11.1 Å². The smallest absolute Gasteiger partial charge is 0.255 e. The first-order valence-corrected chi connectivity index (χ1v) is 17.3. The van der Waals surface area contributed by atoms with Crippen molar-refractivity contribution in [3.63, 3.8) is 0 Å². The normalized spacial score (nSPS) is 13.6. The van der Waals surface area contributed by atoms with Crippen LogP contribution in [0.4, 0.5) is 15.5 Å². The Labute approximate surface area is 254 Å². The lowest BCUT2D eigenvalue weighted by molar-refractivity contribution is -0.120. The second-order valence-corrected chi connectivity index (χ2v) is 17.3. The van der Waals surface area contributed by atoms with E-state index in [0.717, 1.165) is 5.56 Å². The molecule has 1 atom stereocenters. The highest BCUT2D eigenvalue weighted by Gasteiger charge is 2.43. The highest BCUT2D eigenvalue weighted by Crippen LogP contribution is 2.42. The van der Waals surface area contributed by atoms with Gasteiger partial charge in [0.1, 0.15) is 17.6 Å². The van der Waals surface area contributed by atoms with Crippen LogP contribution in [0.25, 0.3) is 0 Å². The molecule has 4 aromatic rings. The zero-order valence-electron chi connectivity index (χ0n) is 24.4. The summed E-state index contributed by atoms with van der Waals surface area (Å²) in [5.41, 5.74) is 8.12. The molecule has 0 spiro atoms. The number of anilines is 2. The van der Waals surface area contributed by atoms with Gasteiger partial charge in [-0.3, -0.25) is 14.9 Å². The maximum atomic E-state index is 14.8. The molecule has 3 heterocycles. The second kappa shape index (κ2) is 11.6. The number of aromatic nitrogens is 3. The fourth-order valence-electron chi connectivity index (χ4n) is 4.32. The summed E-state index contributed by atoms with van der Waals surface area (Å²) in [6.45, 7) is 10.6. The highest BCUT2D eigenvalue weighted by molar-refractivity contribution is 7.13. The summed E-state index contributed by atoms with van der Waals surface area (Å²) in [5.74, 6) is 5.06. The van der Waals surface area contributed by atoms with Gasteiger partial charge < -0.3 is 15.1 Å². The van der Waals surface area contributed by atoms with Crippen LogP contribution in [0, 0.1) is 17.7 Å². The molecule has 1 aliphatic heterocycles. The number of hydrogen-bond donors (Lipinski definition) is 2. The molecule has 9 nitrogen and oxygen atoms in total. The topological polar surface area (TPSA) is 123 Å². The van der Waals surface area contributed by atoms with Crippen molar-refractivity contribution in [1.29, 1.82) is 0 Å². The van der Waals surface area contributed by atoms with Crippen molar-refractivity contribution < 1.29 is 18.4 Å². The van der Waals surface area contributed by atoms with Crippen LogP contribution < -0.4 is 15.5 Å². The lowest BCUT2D eigenvalue weighted by Gasteiger charge is -2.38. The summed E-state index contributed by atoms with van der Waals surface area (Å²) >= 11 is 1.25. The molecule has 0 radical (unpaired) electrons. The van der Waals surface area contributed by atoms with Crippen LogP contribution in [0.1, 0.15) is 59.4 Å². The van der Waals surface area contributed by atoms with Crippen LogP contribution >= 0.6 is 11.3 Å². The van der Waals surface area contributed by atoms with Gasteiger partial charge in [-0.05, 0) is 54.0 Å². The third kappa shape index (κ3) is 6.43. The fraction of sp³-hybridized carbons (Fsp3) is 0.258. The minimum atomic E-state index is -2.41. The predicted molar refractivity (Wildman–Crippen MR) is 166 cm³/mol. The molecule has 1 aliphatic rings. The van der Waals surface area contributed by atoms with Crippen LogP contribution in [0.3, 0.4) is 0 Å². The van der Waals surface area contributed by atoms with E-state index < -0.39 is 26.1 Å². The Bertz CT molecular complexity index is 1740. The number of nitrogens with two attached hydrogens (primary N) is 1. The van der Waals surface area contributed by atoms with E-state index in [0.29, 0.717) is 27.6 Å². The van der Waals surface area contributed by atoms with Gasteiger partial charge in [0.25, 0.3) is 11.8 Å². The average molecular weight is 615 g/mol. The number of carbonyl (C=O) groups excluding carboxylic acids is 2. The molecular formula is C31H31FN6O3SSi. The molecule has 12 heteroatoms. The van der Waals surface area contributed by atoms with Crippen LogP contribution in [0.2, 0.25) is 18.1 Å². The Kier molecular flexibility index (Phi) is 8.05. The summed E-state index contributed by atoms with van der Waals surface area (Å²) < 4.78 is 21.4. The molecule has 220 valence electrons. The molecule has 3 N–H and O–H groups in total. The monoisotopic (exact) mass is 614 g/mol. The number of amides is 2. The van der Waals surface area contributed by atoms with Crippen LogP contribution in [0.5, 0.6) is 5.75 Å². The number of nitrogen functional groups attached to an aromatic ring is 1. The molecular weight excluding hydrogens is 584 g/mol. The minimum Gasteiger partial charge on any atom is -0.543 e. The molecule has 0 saturated carbocycles. The molecule has 43 heavy (non-hydrogen) atoms. The van der Waals surface area contributed by atoms with Gasteiger partial charge in [-0.1, -0.05) is 38.7 Å². The average Bonchev–Trinajstić information content (AvgIpc) is 3.57. The Morgan fingerprint density at radius 1 is 1.12 bits per heavy atom. The quantitative estimate of drug-likeness (QED) is 0.209. The minimum absolute atomic E-state index is 0.139. The van der Waals surface area contributed by atoms with Crippen LogP contribution in [-0.2, 0) is 11.3 Å². The molecule has 0 saturated heterocycles. The van der Waals surface area contributed by atoms with Crippen molar-refractivity contribution in [1.82, 2.24) is 19.9 Å². The molecule has 2 aromatic carbocycles. The summed E-state index contributed by atoms with van der Waals surface area (Å²) in [5, 5.41) is 4.74. The second-order valence-electron chi connectivity index (χ2n) is 11.7. The first-order valence-electron chi connectivity index (χ1n) is 13.5. The van der Waals surface area contributed by atoms with E-state index in [1.807, 2.05) is 6.07 Å². The van der Waals surface area contributed by atoms with Crippen molar-refractivity contribution in [2.45, 2.75) is 51.5 Å². The van der Waals surface area contributed by atoms with Crippen molar-refractivity contribution in [3.05, 3.63) is 94.0 Å². The first-order chi connectivity index (χ1) is 20.3.